The van der Waals surface area contributed by atoms with Crippen LogP contribution in [0.3, 0.4) is 0 Å². The Morgan fingerprint density at radius 1 is 1.35 bits per heavy atom. The van der Waals surface area contributed by atoms with Crippen LogP contribution in [0.2, 0.25) is 5.02 Å². The predicted octanol–water partition coefficient (Wildman–Crippen LogP) is 2.85. The lowest BCUT2D eigenvalue weighted by atomic mass is 10.3. The summed E-state index contributed by atoms with van der Waals surface area (Å²) in [6.45, 7) is 1.98. The lowest BCUT2D eigenvalue weighted by Gasteiger charge is -2.07. The highest BCUT2D eigenvalue weighted by atomic mass is 35.5. The Morgan fingerprint density at radius 2 is 2.08 bits per heavy atom. The zero-order chi connectivity index (χ0) is 19.1. The number of sulfone groups is 1. The molecule has 10 heteroatoms. The van der Waals surface area contributed by atoms with Gasteiger partial charge >= 0.3 is 0 Å². The Labute approximate surface area is 154 Å². The van der Waals surface area contributed by atoms with Gasteiger partial charge in [-0.1, -0.05) is 11.6 Å². The van der Waals surface area contributed by atoms with Crippen LogP contribution in [-0.2, 0) is 21.2 Å². The molecule has 0 atom stereocenters. The molecule has 1 N–H and O–H groups in total. The van der Waals surface area contributed by atoms with E-state index in [1.54, 1.807) is 20.0 Å². The Morgan fingerprint density at radius 3 is 2.69 bits per heavy atom. The molecule has 0 unspecified atom stereocenters. The summed E-state index contributed by atoms with van der Waals surface area (Å²) in [6, 6.07) is 5.00. The fourth-order valence-electron chi connectivity index (χ4n) is 2.62. The summed E-state index contributed by atoms with van der Waals surface area (Å²) >= 11 is 5.76. The van der Waals surface area contributed by atoms with Gasteiger partial charge in [0.1, 0.15) is 5.82 Å². The Kier molecular flexibility index (Phi) is 4.87. The quantitative estimate of drug-likeness (QED) is 0.665. The largest absolute Gasteiger partial charge is 0.378 e. The van der Waals surface area contributed by atoms with Crippen LogP contribution >= 0.6 is 11.6 Å². The van der Waals surface area contributed by atoms with Crippen molar-refractivity contribution in [3.63, 3.8) is 0 Å². The van der Waals surface area contributed by atoms with Gasteiger partial charge in [-0.05, 0) is 31.2 Å². The number of hydrogen-bond donors (Lipinski definition) is 1. The first kappa shape index (κ1) is 18.6. The first-order valence-electron chi connectivity index (χ1n) is 7.55. The molecule has 2 heterocycles. The second-order valence-corrected chi connectivity index (χ2v) is 7.86. The molecule has 0 bridgehead atoms. The van der Waals surface area contributed by atoms with Gasteiger partial charge in [-0.25, -0.2) is 22.3 Å². The third-order valence-electron chi connectivity index (χ3n) is 3.75. The van der Waals surface area contributed by atoms with Crippen LogP contribution < -0.4 is 5.32 Å². The third kappa shape index (κ3) is 3.02. The van der Waals surface area contributed by atoms with E-state index in [0.29, 0.717) is 11.4 Å². The van der Waals surface area contributed by atoms with Gasteiger partial charge in [-0.15, -0.1) is 5.10 Å². The molecule has 0 aliphatic rings. The van der Waals surface area contributed by atoms with E-state index in [1.165, 1.54) is 11.6 Å². The van der Waals surface area contributed by atoms with Crippen molar-refractivity contribution in [3.05, 3.63) is 46.5 Å². The Bertz CT molecular complexity index is 1100. The van der Waals surface area contributed by atoms with Gasteiger partial charge in [-0.2, -0.15) is 0 Å². The molecular formula is C16H16ClFN4O3S. The number of halogens is 2. The van der Waals surface area contributed by atoms with E-state index in [2.05, 4.69) is 15.4 Å². The summed E-state index contributed by atoms with van der Waals surface area (Å²) in [6.07, 6.45) is 0. The number of hydrogen-bond acceptors (Lipinski definition) is 6. The smallest absolute Gasteiger partial charge is 0.214 e. The minimum absolute atomic E-state index is 0.108. The summed E-state index contributed by atoms with van der Waals surface area (Å²) in [5, 5.41) is 6.80. The third-order valence-corrected chi connectivity index (χ3v) is 5.83. The van der Waals surface area contributed by atoms with Crippen molar-refractivity contribution in [3.8, 4) is 0 Å². The normalized spacial score (nSPS) is 11.9. The number of nitrogens with one attached hydrogen (secondary N) is 1. The van der Waals surface area contributed by atoms with Crippen LogP contribution in [0.5, 0.6) is 0 Å². The summed E-state index contributed by atoms with van der Waals surface area (Å²) in [5.74, 6) is -0.573. The zero-order valence-electron chi connectivity index (χ0n) is 14.2. The van der Waals surface area contributed by atoms with Crippen LogP contribution in [0.4, 0.5) is 10.2 Å². The van der Waals surface area contributed by atoms with E-state index in [-0.39, 0.29) is 32.9 Å². The number of aromatic nitrogens is 3. The molecule has 0 aliphatic carbocycles. The minimum atomic E-state index is -4.05. The Balaban J connectivity index is 2.34. The molecule has 3 aromatic rings. The number of methoxy groups -OCH3 is 1. The molecule has 0 saturated carbocycles. The van der Waals surface area contributed by atoms with Crippen molar-refractivity contribution in [2.45, 2.75) is 23.3 Å². The van der Waals surface area contributed by atoms with Crippen molar-refractivity contribution in [1.82, 2.24) is 14.6 Å². The average molecular weight is 399 g/mol. The highest BCUT2D eigenvalue weighted by Gasteiger charge is 2.30. The molecule has 0 radical (unpaired) electrons. The van der Waals surface area contributed by atoms with Crippen molar-refractivity contribution in [1.29, 1.82) is 0 Å². The molecule has 26 heavy (non-hydrogen) atoms. The molecule has 7 nitrogen and oxygen atoms in total. The van der Waals surface area contributed by atoms with E-state index >= 15 is 0 Å². The van der Waals surface area contributed by atoms with Gasteiger partial charge in [0.25, 0.3) is 0 Å². The fraction of sp³-hybridized carbons (Fsp3) is 0.250. The maximum absolute atomic E-state index is 13.4. The van der Waals surface area contributed by atoms with E-state index in [9.17, 15) is 12.8 Å². The molecule has 0 spiro atoms. The number of aryl methyl sites for hydroxylation is 1. The molecule has 0 amide bonds. The lowest BCUT2D eigenvalue weighted by Crippen LogP contribution is -2.07. The first-order valence-corrected chi connectivity index (χ1v) is 9.41. The molecule has 2 aromatic heterocycles. The second kappa shape index (κ2) is 6.82. The zero-order valence-corrected chi connectivity index (χ0v) is 15.8. The van der Waals surface area contributed by atoms with E-state index < -0.39 is 15.7 Å². The number of nitrogens with zero attached hydrogens (tertiary/aromatic N) is 3. The highest BCUT2D eigenvalue weighted by molar-refractivity contribution is 7.91. The van der Waals surface area contributed by atoms with Gasteiger partial charge < -0.3 is 10.1 Å². The fourth-order valence-corrected chi connectivity index (χ4v) is 4.39. The van der Waals surface area contributed by atoms with Gasteiger partial charge in [0.15, 0.2) is 16.4 Å². The average Bonchev–Trinajstić information content (AvgIpc) is 2.96. The van der Waals surface area contributed by atoms with Crippen LogP contribution in [-0.4, -0.2) is 37.2 Å². The number of anilines is 1. The van der Waals surface area contributed by atoms with E-state index in [0.717, 1.165) is 18.2 Å². The van der Waals surface area contributed by atoms with Crippen LogP contribution in [0.1, 0.15) is 11.4 Å². The van der Waals surface area contributed by atoms with Crippen molar-refractivity contribution < 1.29 is 17.5 Å². The van der Waals surface area contributed by atoms with Crippen LogP contribution in [0.15, 0.2) is 34.1 Å². The SMILES string of the molecule is CNc1nn2c(COC)cc(C)nc2c1S(=O)(=O)c1ccc(F)c(Cl)c1. The number of ether oxygens (including phenoxy) is 1. The summed E-state index contributed by atoms with van der Waals surface area (Å²) < 4.78 is 46.4. The van der Waals surface area contributed by atoms with Gasteiger partial charge in [-0.3, -0.25) is 0 Å². The minimum Gasteiger partial charge on any atom is -0.378 e. The van der Waals surface area contributed by atoms with Gasteiger partial charge in [0.2, 0.25) is 9.84 Å². The number of fused-ring (bicyclic) bond motifs is 1. The highest BCUT2D eigenvalue weighted by Crippen LogP contribution is 2.32. The van der Waals surface area contributed by atoms with Crippen molar-refractivity contribution in [2.24, 2.45) is 0 Å². The molecule has 0 saturated heterocycles. The number of rotatable bonds is 5. The van der Waals surface area contributed by atoms with Crippen LogP contribution in [0, 0.1) is 12.7 Å². The predicted molar refractivity (Wildman–Crippen MR) is 94.8 cm³/mol. The van der Waals surface area contributed by atoms with Gasteiger partial charge in [0.05, 0.1) is 22.2 Å². The lowest BCUT2D eigenvalue weighted by molar-refractivity contribution is 0.179. The molecule has 138 valence electrons. The first-order chi connectivity index (χ1) is 12.3. The summed E-state index contributed by atoms with van der Waals surface area (Å²) in [5.41, 5.74) is 1.41. The molecule has 1 aromatic carbocycles. The molecule has 0 aliphatic heterocycles. The topological polar surface area (TPSA) is 85.6 Å². The number of benzene rings is 1. The molecule has 0 fully saturated rings. The molecule has 3 rings (SSSR count). The van der Waals surface area contributed by atoms with E-state index in [1.807, 2.05) is 0 Å². The second-order valence-electron chi connectivity index (χ2n) is 5.56. The maximum atomic E-state index is 13.4. The Hall–Kier alpha value is -2.23. The summed E-state index contributed by atoms with van der Waals surface area (Å²) in [4.78, 5) is 4.08. The van der Waals surface area contributed by atoms with Crippen molar-refractivity contribution >= 4 is 32.9 Å². The standard InChI is InChI=1S/C16H16ClFN4O3S/c1-9-6-10(8-25-3)22-16(20-9)14(15(19-2)21-22)26(23,24)11-4-5-13(18)12(17)7-11/h4-7H,8H2,1-3H3,(H,19,21). The van der Waals surface area contributed by atoms with E-state index in [4.69, 9.17) is 16.3 Å². The monoisotopic (exact) mass is 398 g/mol. The van der Waals surface area contributed by atoms with Crippen LogP contribution in [0.25, 0.3) is 5.65 Å². The van der Waals surface area contributed by atoms with Crippen molar-refractivity contribution in [2.75, 3.05) is 19.5 Å². The molecular weight excluding hydrogens is 383 g/mol. The van der Waals surface area contributed by atoms with Gasteiger partial charge in [0, 0.05) is 19.9 Å². The maximum Gasteiger partial charge on any atom is 0.214 e. The summed E-state index contributed by atoms with van der Waals surface area (Å²) in [7, 11) is -0.966.